The lowest BCUT2D eigenvalue weighted by Crippen LogP contribution is -2.59. The number of allylic oxidation sites excluding steroid dienone is 2. The number of fused-ring (bicyclic) bond motifs is 2. The van der Waals surface area contributed by atoms with E-state index in [-0.39, 0.29) is 5.41 Å². The predicted molar refractivity (Wildman–Crippen MR) is 86.9 cm³/mol. The van der Waals surface area contributed by atoms with Crippen LogP contribution in [0.1, 0.15) is 72.1 Å². The molecule has 21 heavy (non-hydrogen) atoms. The molecule has 0 heterocycles. The Morgan fingerprint density at radius 3 is 2.71 bits per heavy atom. The number of aliphatic hydroxyl groups excluding tert-OH is 1. The van der Waals surface area contributed by atoms with Crippen molar-refractivity contribution in [2.45, 2.75) is 72.1 Å². The highest BCUT2D eigenvalue weighted by Crippen LogP contribution is 2.73. The molecule has 0 amide bonds. The Hall–Kier alpha value is -0.300. The normalized spacial score (nSPS) is 55.6. The van der Waals surface area contributed by atoms with E-state index >= 15 is 0 Å². The van der Waals surface area contributed by atoms with Crippen molar-refractivity contribution in [1.82, 2.24) is 0 Å². The van der Waals surface area contributed by atoms with Crippen LogP contribution >= 0.6 is 0 Å². The van der Waals surface area contributed by atoms with Crippen LogP contribution in [0.4, 0.5) is 0 Å². The number of hydrogen-bond donors (Lipinski definition) is 1. The summed E-state index contributed by atoms with van der Waals surface area (Å²) in [5.41, 5.74) is 2.91. The van der Waals surface area contributed by atoms with Crippen LogP contribution in [0.25, 0.3) is 0 Å². The molecule has 0 radical (unpaired) electrons. The average Bonchev–Trinajstić information content (AvgIpc) is 2.85. The van der Waals surface area contributed by atoms with Gasteiger partial charge in [-0.25, -0.2) is 0 Å². The maximum atomic E-state index is 10.1. The summed E-state index contributed by atoms with van der Waals surface area (Å²) in [6.07, 6.45) is 13.7. The van der Waals surface area contributed by atoms with Gasteiger partial charge in [-0.15, -0.1) is 0 Å². The number of aliphatic hydroxyl groups is 1. The van der Waals surface area contributed by atoms with E-state index in [1.54, 1.807) is 5.57 Å². The minimum atomic E-state index is 0.182. The fraction of sp³-hybridized carbons (Fsp3) is 0.900. The predicted octanol–water partition coefficient (Wildman–Crippen LogP) is 4.95. The second-order valence-corrected chi connectivity index (χ2v) is 9.33. The largest absolute Gasteiger partial charge is 0.396 e. The van der Waals surface area contributed by atoms with Crippen molar-refractivity contribution in [3.05, 3.63) is 11.6 Å². The van der Waals surface area contributed by atoms with Crippen LogP contribution in [0.2, 0.25) is 0 Å². The lowest BCUT2D eigenvalue weighted by molar-refractivity contribution is -0.165. The third-order valence-corrected chi connectivity index (χ3v) is 8.69. The van der Waals surface area contributed by atoms with Crippen LogP contribution in [0.3, 0.4) is 0 Å². The molecular weight excluding hydrogens is 256 g/mol. The summed E-state index contributed by atoms with van der Waals surface area (Å²) in [5.74, 6) is 2.45. The monoisotopic (exact) mass is 288 g/mol. The highest BCUT2D eigenvalue weighted by atomic mass is 16.3. The summed E-state index contributed by atoms with van der Waals surface area (Å²) in [6, 6.07) is 0. The van der Waals surface area contributed by atoms with E-state index in [2.05, 4.69) is 26.8 Å². The van der Waals surface area contributed by atoms with E-state index in [0.717, 1.165) is 17.8 Å². The summed E-state index contributed by atoms with van der Waals surface area (Å²) in [5, 5.41) is 10.1. The number of hydrogen-bond acceptors (Lipinski definition) is 1. The average molecular weight is 288 g/mol. The first-order valence-corrected chi connectivity index (χ1v) is 9.24. The highest BCUT2D eigenvalue weighted by molar-refractivity contribution is 5.25. The Labute approximate surface area is 130 Å². The molecular formula is C20H32O. The Morgan fingerprint density at radius 2 is 1.95 bits per heavy atom. The Balaban J connectivity index is 1.80. The first-order valence-electron chi connectivity index (χ1n) is 9.24. The Morgan fingerprint density at radius 1 is 1.14 bits per heavy atom. The maximum Gasteiger partial charge on any atom is 0.0487 e. The molecule has 0 aromatic heterocycles. The standard InChI is InChI=1S/C20H32O/c1-14-11-16-5-6-17-18(2,13-21)8-4-9-19(17,3)20(16)10-7-15(14)12-20/h11,15-17,21H,4-10,12-13H2,1-3H3/t15-,16+,17+,18-,19+,20-/m1/s1. The van der Waals surface area contributed by atoms with Gasteiger partial charge in [0.15, 0.2) is 0 Å². The Bertz CT molecular complexity index is 480. The van der Waals surface area contributed by atoms with Crippen LogP contribution in [0, 0.1) is 34.0 Å². The lowest BCUT2D eigenvalue weighted by Gasteiger charge is -2.65. The quantitative estimate of drug-likeness (QED) is 0.677. The zero-order valence-electron chi connectivity index (χ0n) is 14.1. The smallest absolute Gasteiger partial charge is 0.0487 e. The molecule has 1 heteroatoms. The minimum absolute atomic E-state index is 0.182. The molecule has 0 aromatic rings. The molecule has 1 N–H and O–H groups in total. The van der Waals surface area contributed by atoms with Crippen LogP contribution in [-0.4, -0.2) is 11.7 Å². The van der Waals surface area contributed by atoms with Gasteiger partial charge in [-0.05, 0) is 85.9 Å². The zero-order valence-corrected chi connectivity index (χ0v) is 14.1. The van der Waals surface area contributed by atoms with E-state index in [1.165, 1.54) is 51.4 Å². The van der Waals surface area contributed by atoms with Crippen LogP contribution in [0.5, 0.6) is 0 Å². The summed E-state index contributed by atoms with van der Waals surface area (Å²) >= 11 is 0. The lowest BCUT2D eigenvalue weighted by atomic mass is 9.39. The van der Waals surface area contributed by atoms with Gasteiger partial charge in [-0.3, -0.25) is 0 Å². The molecule has 0 aromatic carbocycles. The van der Waals surface area contributed by atoms with Crippen molar-refractivity contribution in [3.8, 4) is 0 Å². The van der Waals surface area contributed by atoms with Crippen LogP contribution in [0.15, 0.2) is 11.6 Å². The molecule has 0 saturated heterocycles. The Kier molecular flexibility index (Phi) is 2.98. The van der Waals surface area contributed by atoms with Gasteiger partial charge in [0.25, 0.3) is 0 Å². The zero-order chi connectivity index (χ0) is 14.9. The van der Waals surface area contributed by atoms with E-state index in [4.69, 9.17) is 0 Å². The number of rotatable bonds is 1. The SMILES string of the molecule is CC1=C[C@@H]2CC[C@H]3[C@@](C)(CO)CCC[C@]3(C)[C@@]23CC[C@@H]1C3. The maximum absolute atomic E-state index is 10.1. The van der Waals surface area contributed by atoms with E-state index < -0.39 is 0 Å². The summed E-state index contributed by atoms with van der Waals surface area (Å²) in [6.45, 7) is 7.77. The first-order chi connectivity index (χ1) is 9.95. The van der Waals surface area contributed by atoms with E-state index in [1.807, 2.05) is 0 Å². The molecule has 118 valence electrons. The second kappa shape index (κ2) is 4.37. The fourth-order valence-electron chi connectivity index (χ4n) is 7.49. The van der Waals surface area contributed by atoms with Crippen molar-refractivity contribution >= 4 is 0 Å². The van der Waals surface area contributed by atoms with Crippen LogP contribution < -0.4 is 0 Å². The molecule has 1 nitrogen and oxygen atoms in total. The van der Waals surface area contributed by atoms with Crippen molar-refractivity contribution in [1.29, 1.82) is 0 Å². The van der Waals surface area contributed by atoms with E-state index in [0.29, 0.717) is 17.4 Å². The van der Waals surface area contributed by atoms with Gasteiger partial charge in [0, 0.05) is 6.61 Å². The van der Waals surface area contributed by atoms with Crippen molar-refractivity contribution in [3.63, 3.8) is 0 Å². The molecule has 4 rings (SSSR count). The summed E-state index contributed by atoms with van der Waals surface area (Å²) < 4.78 is 0. The molecule has 3 fully saturated rings. The molecule has 4 aliphatic rings. The third kappa shape index (κ3) is 1.62. The van der Waals surface area contributed by atoms with Crippen molar-refractivity contribution in [2.24, 2.45) is 34.0 Å². The highest BCUT2D eigenvalue weighted by Gasteiger charge is 2.65. The van der Waals surface area contributed by atoms with Gasteiger partial charge in [0.1, 0.15) is 0 Å². The van der Waals surface area contributed by atoms with Gasteiger partial charge in [0.2, 0.25) is 0 Å². The fourth-order valence-corrected chi connectivity index (χ4v) is 7.49. The van der Waals surface area contributed by atoms with Gasteiger partial charge in [-0.2, -0.15) is 0 Å². The van der Waals surface area contributed by atoms with Crippen molar-refractivity contribution in [2.75, 3.05) is 6.61 Å². The molecule has 2 bridgehead atoms. The molecule has 4 aliphatic carbocycles. The van der Waals surface area contributed by atoms with Gasteiger partial charge < -0.3 is 5.11 Å². The topological polar surface area (TPSA) is 20.2 Å². The molecule has 6 atom stereocenters. The minimum Gasteiger partial charge on any atom is -0.396 e. The molecule has 3 saturated carbocycles. The summed E-state index contributed by atoms with van der Waals surface area (Å²) in [4.78, 5) is 0. The van der Waals surface area contributed by atoms with Gasteiger partial charge >= 0.3 is 0 Å². The van der Waals surface area contributed by atoms with Crippen molar-refractivity contribution < 1.29 is 5.11 Å². The molecule has 0 aliphatic heterocycles. The van der Waals surface area contributed by atoms with Gasteiger partial charge in [0.05, 0.1) is 0 Å². The first kappa shape index (κ1) is 14.3. The third-order valence-electron chi connectivity index (χ3n) is 8.69. The van der Waals surface area contributed by atoms with Crippen LogP contribution in [-0.2, 0) is 0 Å². The summed E-state index contributed by atoms with van der Waals surface area (Å²) in [7, 11) is 0. The molecule has 0 unspecified atom stereocenters. The molecule has 1 spiro atoms. The van der Waals surface area contributed by atoms with E-state index in [9.17, 15) is 5.11 Å². The van der Waals surface area contributed by atoms with Gasteiger partial charge in [-0.1, -0.05) is 31.9 Å². The second-order valence-electron chi connectivity index (χ2n) is 9.33.